The van der Waals surface area contributed by atoms with Crippen LogP contribution in [0.1, 0.15) is 18.4 Å². The Morgan fingerprint density at radius 2 is 1.93 bits per heavy atom. The summed E-state index contributed by atoms with van der Waals surface area (Å²) in [5, 5.41) is 15.1. The van der Waals surface area contributed by atoms with Gasteiger partial charge in [0, 0.05) is 29.5 Å². The van der Waals surface area contributed by atoms with Gasteiger partial charge in [-0.25, -0.2) is 4.99 Å². The largest absolute Gasteiger partial charge is 0.507 e. The highest BCUT2D eigenvalue weighted by Crippen LogP contribution is 2.37. The van der Waals surface area contributed by atoms with Crippen LogP contribution < -0.4 is 15.9 Å². The molecule has 2 heterocycles. The molecule has 0 bridgehead atoms. The molecule has 1 amide bonds. The first-order valence-electron chi connectivity index (χ1n) is 9.94. The molecule has 2 N–H and O–H groups in total. The Bertz CT molecular complexity index is 1200. The molecule has 4 rings (SSSR count). The fourth-order valence-electron chi connectivity index (χ4n) is 3.93. The lowest BCUT2D eigenvalue weighted by Gasteiger charge is -2.16. The molecule has 30 heavy (non-hydrogen) atoms. The average Bonchev–Trinajstić information content (AvgIpc) is 3.28. The minimum Gasteiger partial charge on any atom is -0.507 e. The predicted molar refractivity (Wildman–Crippen MR) is 116 cm³/mol. The summed E-state index contributed by atoms with van der Waals surface area (Å²) in [5.41, 5.74) is 3.78. The molecule has 2 aliphatic heterocycles. The number of aromatic hydroxyl groups is 1. The summed E-state index contributed by atoms with van der Waals surface area (Å²) in [6, 6.07) is 3.47. The molecule has 0 radical (unpaired) electrons. The molecule has 7 heteroatoms. The van der Waals surface area contributed by atoms with Gasteiger partial charge in [0.15, 0.2) is 5.78 Å². The van der Waals surface area contributed by atoms with Gasteiger partial charge in [-0.05, 0) is 70.4 Å². The van der Waals surface area contributed by atoms with E-state index in [4.69, 9.17) is 0 Å². The first-order valence-corrected chi connectivity index (χ1v) is 9.94. The monoisotopic (exact) mass is 404 g/mol. The lowest BCUT2D eigenvalue weighted by molar-refractivity contribution is -0.113. The Labute approximate surface area is 174 Å². The van der Waals surface area contributed by atoms with Crippen LogP contribution in [0.4, 0.5) is 0 Å². The first-order chi connectivity index (χ1) is 14.4. The third-order valence-corrected chi connectivity index (χ3v) is 5.49. The predicted octanol–water partition coefficient (Wildman–Crippen LogP) is 0.495. The van der Waals surface area contributed by atoms with Gasteiger partial charge in [0.1, 0.15) is 5.75 Å². The van der Waals surface area contributed by atoms with Gasteiger partial charge in [-0.3, -0.25) is 14.6 Å². The van der Waals surface area contributed by atoms with Crippen LogP contribution in [0.5, 0.6) is 5.75 Å². The summed E-state index contributed by atoms with van der Waals surface area (Å²) in [5.74, 6) is -0.386. The number of hydrogen-bond donors (Lipinski definition) is 2. The minimum atomic E-state index is -0.315. The molecule has 0 aromatic heterocycles. The van der Waals surface area contributed by atoms with Crippen LogP contribution in [0.25, 0.3) is 11.1 Å². The van der Waals surface area contributed by atoms with E-state index in [0.717, 1.165) is 12.1 Å². The number of nitrogens with one attached hydrogen (secondary N) is 1. The number of hydrogen-bond acceptors (Lipinski definition) is 6. The molecule has 1 aromatic carbocycles. The highest BCUT2D eigenvalue weighted by Gasteiger charge is 2.29. The van der Waals surface area contributed by atoms with Gasteiger partial charge in [-0.1, -0.05) is 0 Å². The van der Waals surface area contributed by atoms with Gasteiger partial charge in [0.25, 0.3) is 5.91 Å². The maximum absolute atomic E-state index is 12.6. The van der Waals surface area contributed by atoms with E-state index < -0.39 is 0 Å². The summed E-state index contributed by atoms with van der Waals surface area (Å²) in [4.78, 5) is 35.6. The second-order valence-electron chi connectivity index (χ2n) is 7.78. The standard InChI is InChI=1S/C23H24N4O3/c1-24-10-8-16-20-17(26-23(16)30)6-4-15(22(20)29)14-5-7-18(28)19-13(9-11-27(2)3)12-25-21(14)19/h4-7,12,24,29H,8-11H2,1-3H3. The van der Waals surface area contributed by atoms with E-state index in [-0.39, 0.29) is 17.4 Å². The molecule has 7 nitrogen and oxygen atoms in total. The smallest absolute Gasteiger partial charge is 0.274 e. The van der Waals surface area contributed by atoms with Gasteiger partial charge >= 0.3 is 0 Å². The topological polar surface area (TPSA) is 94.4 Å². The SMILES string of the molecule is CNCCC1=c2c(O)c(C3=C4N=CC(CCN(C)C)=C4C(=O)C=C3)ccc2=NC1=O. The normalized spacial score (nSPS) is 17.4. The zero-order valence-electron chi connectivity index (χ0n) is 17.3. The number of phenols is 1. The molecule has 0 unspecified atom stereocenters. The van der Waals surface area contributed by atoms with E-state index in [1.54, 1.807) is 24.4 Å². The third-order valence-electron chi connectivity index (χ3n) is 5.49. The van der Waals surface area contributed by atoms with E-state index >= 15 is 0 Å². The van der Waals surface area contributed by atoms with Gasteiger partial charge in [0.2, 0.25) is 0 Å². The molecule has 0 spiro atoms. The Hall–Kier alpha value is -3.16. The molecule has 1 aliphatic carbocycles. The van der Waals surface area contributed by atoms with E-state index in [2.05, 4.69) is 20.2 Å². The molecule has 1 aromatic rings. The maximum atomic E-state index is 12.6. The van der Waals surface area contributed by atoms with Crippen molar-refractivity contribution in [2.45, 2.75) is 12.8 Å². The van der Waals surface area contributed by atoms with Crippen LogP contribution in [0.15, 0.2) is 51.1 Å². The van der Waals surface area contributed by atoms with Crippen molar-refractivity contribution in [1.82, 2.24) is 10.2 Å². The number of rotatable bonds is 7. The zero-order chi connectivity index (χ0) is 21.4. The number of carbonyl (C=O) groups is 2. The lowest BCUT2D eigenvalue weighted by Crippen LogP contribution is -2.25. The van der Waals surface area contributed by atoms with Crippen molar-refractivity contribution in [3.05, 3.63) is 57.3 Å². The van der Waals surface area contributed by atoms with Crippen molar-refractivity contribution in [3.63, 3.8) is 0 Å². The van der Waals surface area contributed by atoms with Crippen LogP contribution in [0.3, 0.4) is 0 Å². The number of phenolic OH excluding ortho intramolecular Hbond substituents is 1. The molecular weight excluding hydrogens is 380 g/mol. The molecular formula is C23H24N4O3. The Morgan fingerprint density at radius 1 is 1.13 bits per heavy atom. The second-order valence-corrected chi connectivity index (χ2v) is 7.78. The van der Waals surface area contributed by atoms with Crippen LogP contribution in [-0.2, 0) is 9.59 Å². The number of fused-ring (bicyclic) bond motifs is 2. The number of carbonyl (C=O) groups excluding carboxylic acids is 2. The van der Waals surface area contributed by atoms with Crippen molar-refractivity contribution in [2.24, 2.45) is 9.98 Å². The Balaban J connectivity index is 1.86. The summed E-state index contributed by atoms with van der Waals surface area (Å²) in [7, 11) is 5.78. The Kier molecular flexibility index (Phi) is 5.32. The first kappa shape index (κ1) is 20.1. The molecule has 3 aliphatic rings. The molecule has 0 saturated heterocycles. The number of allylic oxidation sites excluding steroid dienone is 4. The van der Waals surface area contributed by atoms with E-state index in [1.165, 1.54) is 6.08 Å². The number of nitrogens with zero attached hydrogens (tertiary/aromatic N) is 3. The zero-order valence-corrected chi connectivity index (χ0v) is 17.3. The van der Waals surface area contributed by atoms with Crippen molar-refractivity contribution in [2.75, 3.05) is 34.2 Å². The highest BCUT2D eigenvalue weighted by atomic mass is 16.3. The molecule has 0 atom stereocenters. The number of aliphatic imine (C=N–C) groups is 1. The summed E-state index contributed by atoms with van der Waals surface area (Å²) < 4.78 is 0. The van der Waals surface area contributed by atoms with Crippen molar-refractivity contribution in [3.8, 4) is 5.75 Å². The van der Waals surface area contributed by atoms with Crippen LogP contribution in [-0.4, -0.2) is 62.1 Å². The summed E-state index contributed by atoms with van der Waals surface area (Å²) in [6.45, 7) is 1.41. The van der Waals surface area contributed by atoms with Crippen LogP contribution in [0.2, 0.25) is 0 Å². The molecule has 154 valence electrons. The van der Waals surface area contributed by atoms with E-state index in [0.29, 0.717) is 57.9 Å². The minimum absolute atomic E-state index is 0.00555. The average molecular weight is 404 g/mol. The van der Waals surface area contributed by atoms with Crippen LogP contribution in [0, 0.1) is 0 Å². The fourth-order valence-corrected chi connectivity index (χ4v) is 3.93. The van der Waals surface area contributed by atoms with Crippen LogP contribution >= 0.6 is 0 Å². The van der Waals surface area contributed by atoms with Gasteiger partial charge in [-0.2, -0.15) is 0 Å². The van der Waals surface area contributed by atoms with Gasteiger partial charge in [-0.15, -0.1) is 0 Å². The van der Waals surface area contributed by atoms with Gasteiger partial charge < -0.3 is 15.3 Å². The fraction of sp³-hybridized carbons (Fsp3) is 0.304. The third kappa shape index (κ3) is 3.36. The number of ketones is 1. The number of amides is 1. The van der Waals surface area contributed by atoms with Crippen molar-refractivity contribution in [1.29, 1.82) is 0 Å². The van der Waals surface area contributed by atoms with Gasteiger partial charge in [0.05, 0.1) is 21.8 Å². The molecule has 0 saturated carbocycles. The van der Waals surface area contributed by atoms with E-state index in [1.807, 2.05) is 21.1 Å². The second kappa shape index (κ2) is 7.93. The summed E-state index contributed by atoms with van der Waals surface area (Å²) in [6.07, 6.45) is 6.14. The molecule has 0 fully saturated rings. The quantitative estimate of drug-likeness (QED) is 0.690. The van der Waals surface area contributed by atoms with Crippen molar-refractivity contribution < 1.29 is 14.7 Å². The Morgan fingerprint density at radius 3 is 2.67 bits per heavy atom. The van der Waals surface area contributed by atoms with E-state index in [9.17, 15) is 14.7 Å². The lowest BCUT2D eigenvalue weighted by atomic mass is 9.89. The highest BCUT2D eigenvalue weighted by molar-refractivity contribution is 6.19. The maximum Gasteiger partial charge on any atom is 0.274 e. The number of benzene rings is 1. The summed E-state index contributed by atoms with van der Waals surface area (Å²) >= 11 is 0. The van der Waals surface area contributed by atoms with Crippen molar-refractivity contribution >= 4 is 29.1 Å².